The number of aromatic nitrogens is 4. The minimum absolute atomic E-state index is 0.493. The molecular formula is C22H16ClN5. The number of nitrogens with zero attached hydrogens (tertiary/aromatic N) is 4. The van der Waals surface area contributed by atoms with Gasteiger partial charge in [0.25, 0.3) is 0 Å². The van der Waals surface area contributed by atoms with Crippen molar-refractivity contribution >= 4 is 45.4 Å². The summed E-state index contributed by atoms with van der Waals surface area (Å²) in [7, 11) is 1.97. The van der Waals surface area contributed by atoms with E-state index in [2.05, 4.69) is 15.3 Å². The molecule has 0 aliphatic heterocycles. The zero-order valence-electron chi connectivity index (χ0n) is 15.1. The predicted octanol–water partition coefficient (Wildman–Crippen LogP) is 5.58. The maximum Gasteiger partial charge on any atom is 0.230 e. The molecule has 0 amide bonds. The van der Waals surface area contributed by atoms with Crippen LogP contribution in [0.15, 0.2) is 72.8 Å². The second kappa shape index (κ2) is 6.62. The van der Waals surface area contributed by atoms with Crippen LogP contribution in [-0.2, 0) is 7.05 Å². The molecule has 5 rings (SSSR count). The highest BCUT2D eigenvalue weighted by Crippen LogP contribution is 2.30. The van der Waals surface area contributed by atoms with E-state index in [1.165, 1.54) is 0 Å². The van der Waals surface area contributed by atoms with E-state index in [1.54, 1.807) is 0 Å². The lowest BCUT2D eigenvalue weighted by Crippen LogP contribution is -2.04. The van der Waals surface area contributed by atoms with Gasteiger partial charge in [0.1, 0.15) is 0 Å². The van der Waals surface area contributed by atoms with Crippen molar-refractivity contribution in [2.75, 3.05) is 5.32 Å². The lowest BCUT2D eigenvalue weighted by Gasteiger charge is -2.10. The molecular weight excluding hydrogens is 370 g/mol. The van der Waals surface area contributed by atoms with Gasteiger partial charge in [0.2, 0.25) is 11.9 Å². The molecule has 5 nitrogen and oxygen atoms in total. The molecule has 0 aliphatic carbocycles. The fraction of sp³-hybridized carbons (Fsp3) is 0.0455. The lowest BCUT2D eigenvalue weighted by molar-refractivity contribution is 0.952. The highest BCUT2D eigenvalue weighted by molar-refractivity contribution is 6.31. The smallest absolute Gasteiger partial charge is 0.230 e. The zero-order chi connectivity index (χ0) is 19.1. The third-order valence-electron chi connectivity index (χ3n) is 4.72. The summed E-state index contributed by atoms with van der Waals surface area (Å²) in [4.78, 5) is 14.1. The molecule has 0 radical (unpaired) electrons. The number of hydrogen-bond donors (Lipinski definition) is 1. The number of benzene rings is 3. The van der Waals surface area contributed by atoms with Crippen molar-refractivity contribution in [1.82, 2.24) is 19.5 Å². The van der Waals surface area contributed by atoms with Gasteiger partial charge in [-0.05, 0) is 30.3 Å². The Hall–Kier alpha value is -3.44. The summed E-state index contributed by atoms with van der Waals surface area (Å²) in [6, 6.07) is 23.7. The Bertz CT molecular complexity index is 1310. The average molecular weight is 386 g/mol. The Labute approximate surface area is 166 Å². The van der Waals surface area contributed by atoms with E-state index in [9.17, 15) is 0 Å². The fourth-order valence-electron chi connectivity index (χ4n) is 3.33. The number of rotatable bonds is 3. The van der Waals surface area contributed by atoms with Crippen LogP contribution in [0.4, 0.5) is 11.9 Å². The van der Waals surface area contributed by atoms with E-state index in [-0.39, 0.29) is 0 Å². The predicted molar refractivity (Wildman–Crippen MR) is 114 cm³/mol. The first-order valence-corrected chi connectivity index (χ1v) is 9.28. The summed E-state index contributed by atoms with van der Waals surface area (Å²) in [5.41, 5.74) is 4.61. The van der Waals surface area contributed by atoms with Gasteiger partial charge in [-0.15, -0.1) is 0 Å². The third-order valence-corrected chi connectivity index (χ3v) is 4.95. The van der Waals surface area contributed by atoms with Gasteiger partial charge < -0.3 is 4.57 Å². The van der Waals surface area contributed by atoms with Crippen LogP contribution in [0.2, 0.25) is 5.02 Å². The Morgan fingerprint density at radius 3 is 2.43 bits per heavy atom. The van der Waals surface area contributed by atoms with E-state index in [4.69, 9.17) is 16.6 Å². The molecule has 2 aromatic heterocycles. The molecule has 6 heteroatoms. The Morgan fingerprint density at radius 2 is 1.61 bits per heavy atom. The van der Waals surface area contributed by atoms with Gasteiger partial charge in [0.05, 0.1) is 22.2 Å². The number of para-hydroxylation sites is 2. The summed E-state index contributed by atoms with van der Waals surface area (Å²) in [5, 5.41) is 4.84. The van der Waals surface area contributed by atoms with Gasteiger partial charge in [0, 0.05) is 23.0 Å². The molecule has 0 bridgehead atoms. The fourth-order valence-corrected chi connectivity index (χ4v) is 3.50. The van der Waals surface area contributed by atoms with Gasteiger partial charge in [-0.1, -0.05) is 54.1 Å². The van der Waals surface area contributed by atoms with Gasteiger partial charge in [-0.2, -0.15) is 0 Å². The molecule has 5 aromatic rings. The molecule has 0 saturated heterocycles. The molecule has 0 fully saturated rings. The molecule has 0 unspecified atom stereocenters. The van der Waals surface area contributed by atoms with Crippen LogP contribution < -0.4 is 5.32 Å². The van der Waals surface area contributed by atoms with Crippen LogP contribution in [0, 0.1) is 0 Å². The van der Waals surface area contributed by atoms with Gasteiger partial charge >= 0.3 is 0 Å². The van der Waals surface area contributed by atoms with Crippen molar-refractivity contribution in [3.8, 4) is 11.3 Å². The largest absolute Gasteiger partial charge is 0.313 e. The SMILES string of the molecule is Cn1c(Nc2nc(-c3ccccc3)c3cc(Cl)ccc3n2)nc2ccccc21. The molecule has 2 heterocycles. The first kappa shape index (κ1) is 16.7. The Balaban J connectivity index is 1.67. The lowest BCUT2D eigenvalue weighted by atomic mass is 10.1. The Morgan fingerprint density at radius 1 is 0.821 bits per heavy atom. The van der Waals surface area contributed by atoms with Crippen LogP contribution in [0.5, 0.6) is 0 Å². The second-order valence-electron chi connectivity index (χ2n) is 6.53. The zero-order valence-corrected chi connectivity index (χ0v) is 15.9. The number of halogens is 1. The van der Waals surface area contributed by atoms with Crippen LogP contribution in [0.25, 0.3) is 33.2 Å². The quantitative estimate of drug-likeness (QED) is 0.440. The van der Waals surface area contributed by atoms with Crippen LogP contribution in [0.1, 0.15) is 0 Å². The number of nitrogens with one attached hydrogen (secondary N) is 1. The number of imidazole rings is 1. The second-order valence-corrected chi connectivity index (χ2v) is 6.97. The number of hydrogen-bond acceptors (Lipinski definition) is 4. The van der Waals surface area contributed by atoms with Crippen molar-refractivity contribution in [2.45, 2.75) is 0 Å². The van der Waals surface area contributed by atoms with E-state index in [0.717, 1.165) is 33.2 Å². The summed E-state index contributed by atoms with van der Waals surface area (Å²) < 4.78 is 1.99. The molecule has 0 saturated carbocycles. The van der Waals surface area contributed by atoms with E-state index in [1.807, 2.05) is 84.4 Å². The van der Waals surface area contributed by atoms with Crippen molar-refractivity contribution in [1.29, 1.82) is 0 Å². The normalized spacial score (nSPS) is 11.2. The highest BCUT2D eigenvalue weighted by Gasteiger charge is 2.13. The summed E-state index contributed by atoms with van der Waals surface area (Å²) in [6.45, 7) is 0. The molecule has 0 spiro atoms. The maximum atomic E-state index is 6.23. The molecule has 0 aliphatic rings. The Kier molecular flexibility index (Phi) is 3.95. The van der Waals surface area contributed by atoms with Gasteiger partial charge in [-0.25, -0.2) is 15.0 Å². The van der Waals surface area contributed by atoms with Crippen molar-refractivity contribution in [2.24, 2.45) is 7.05 Å². The maximum absolute atomic E-state index is 6.23. The molecule has 0 atom stereocenters. The van der Waals surface area contributed by atoms with E-state index < -0.39 is 0 Å². The minimum Gasteiger partial charge on any atom is -0.313 e. The molecule has 1 N–H and O–H groups in total. The molecule has 28 heavy (non-hydrogen) atoms. The number of anilines is 2. The summed E-state index contributed by atoms with van der Waals surface area (Å²) >= 11 is 6.23. The molecule has 136 valence electrons. The first-order chi connectivity index (χ1) is 13.7. The third kappa shape index (κ3) is 2.86. The van der Waals surface area contributed by atoms with Crippen LogP contribution in [0.3, 0.4) is 0 Å². The minimum atomic E-state index is 0.493. The highest BCUT2D eigenvalue weighted by atomic mass is 35.5. The number of aryl methyl sites for hydroxylation is 1. The van der Waals surface area contributed by atoms with Gasteiger partial charge in [-0.3, -0.25) is 5.32 Å². The summed E-state index contributed by atoms with van der Waals surface area (Å²) in [5.74, 6) is 1.18. The number of fused-ring (bicyclic) bond motifs is 2. The van der Waals surface area contributed by atoms with E-state index in [0.29, 0.717) is 16.9 Å². The first-order valence-electron chi connectivity index (χ1n) is 8.90. The van der Waals surface area contributed by atoms with Crippen molar-refractivity contribution < 1.29 is 0 Å². The van der Waals surface area contributed by atoms with E-state index >= 15 is 0 Å². The van der Waals surface area contributed by atoms with Crippen molar-refractivity contribution in [3.63, 3.8) is 0 Å². The van der Waals surface area contributed by atoms with Crippen LogP contribution in [-0.4, -0.2) is 19.5 Å². The average Bonchev–Trinajstić information content (AvgIpc) is 3.04. The summed E-state index contributed by atoms with van der Waals surface area (Å²) in [6.07, 6.45) is 0. The monoisotopic (exact) mass is 385 g/mol. The standard InChI is InChI=1S/C22H16ClN5/c1-28-19-10-6-5-9-18(19)25-22(28)27-21-24-17-12-11-15(23)13-16(17)20(26-21)14-7-3-2-4-8-14/h2-13H,1H3,(H,24,25,26,27). The van der Waals surface area contributed by atoms with Gasteiger partial charge in [0.15, 0.2) is 0 Å². The topological polar surface area (TPSA) is 55.6 Å². The molecule has 3 aromatic carbocycles. The van der Waals surface area contributed by atoms with Crippen molar-refractivity contribution in [3.05, 3.63) is 77.8 Å². The van der Waals surface area contributed by atoms with Crippen LogP contribution >= 0.6 is 11.6 Å².